The van der Waals surface area contributed by atoms with Crippen LogP contribution in [0.2, 0.25) is 0 Å². The molecule has 2 rings (SSSR count). The van der Waals surface area contributed by atoms with E-state index in [0.717, 1.165) is 37.6 Å². The third-order valence-electron chi connectivity index (χ3n) is 4.26. The second-order valence-electron chi connectivity index (χ2n) is 6.21. The van der Waals surface area contributed by atoms with Crippen LogP contribution in [0.5, 0.6) is 5.75 Å². The molecule has 1 aromatic rings. The number of carbonyl (C=O) groups is 1. The van der Waals surface area contributed by atoms with Crippen LogP contribution in [0.3, 0.4) is 0 Å². The Kier molecular flexibility index (Phi) is 9.03. The summed E-state index contributed by atoms with van der Waals surface area (Å²) in [5.74, 6) is 1.98. The summed E-state index contributed by atoms with van der Waals surface area (Å²) in [6.07, 6.45) is 4.02. The highest BCUT2D eigenvalue weighted by Gasteiger charge is 2.21. The average Bonchev–Trinajstić information content (AvgIpc) is 2.55. The number of ether oxygens (including phenoxy) is 1. The zero-order chi connectivity index (χ0) is 15.8. The number of hydrogen-bond acceptors (Lipinski definition) is 3. The van der Waals surface area contributed by atoms with Gasteiger partial charge in [0.05, 0.1) is 6.61 Å². The topological polar surface area (TPSA) is 50.4 Å². The molecule has 1 aromatic carbocycles. The van der Waals surface area contributed by atoms with E-state index in [2.05, 4.69) is 24.5 Å². The largest absolute Gasteiger partial charge is 0.494 e. The molecule has 2 atom stereocenters. The Morgan fingerprint density at radius 3 is 2.74 bits per heavy atom. The van der Waals surface area contributed by atoms with Crippen molar-refractivity contribution >= 4 is 24.0 Å². The van der Waals surface area contributed by atoms with Crippen LogP contribution < -0.4 is 15.4 Å². The smallest absolute Gasteiger partial charge is 0.224 e. The summed E-state index contributed by atoms with van der Waals surface area (Å²) in [7, 11) is 0. The lowest BCUT2D eigenvalue weighted by molar-refractivity contribution is -0.117. The molecule has 4 nitrogen and oxygen atoms in total. The SMILES string of the molecule is CCCOc1ccc(NC(=O)CC(C)C2CCCNC2)cc1.Cl. The number of carbonyl (C=O) groups excluding carboxylic acids is 1. The molecule has 5 heteroatoms. The summed E-state index contributed by atoms with van der Waals surface area (Å²) in [5.41, 5.74) is 0.836. The first-order valence-electron chi connectivity index (χ1n) is 8.42. The summed E-state index contributed by atoms with van der Waals surface area (Å²) >= 11 is 0. The third kappa shape index (κ3) is 6.80. The first-order valence-corrected chi connectivity index (χ1v) is 8.42. The van der Waals surface area contributed by atoms with E-state index < -0.39 is 0 Å². The lowest BCUT2D eigenvalue weighted by atomic mass is 9.85. The van der Waals surface area contributed by atoms with Crippen molar-refractivity contribution in [2.45, 2.75) is 39.5 Å². The predicted octanol–water partition coefficient (Wildman–Crippen LogP) is 3.86. The molecule has 130 valence electrons. The predicted molar refractivity (Wildman–Crippen MR) is 97.5 cm³/mol. The van der Waals surface area contributed by atoms with E-state index in [1.54, 1.807) is 0 Å². The van der Waals surface area contributed by atoms with Gasteiger partial charge in [0.1, 0.15) is 5.75 Å². The second kappa shape index (κ2) is 10.5. The zero-order valence-corrected chi connectivity index (χ0v) is 15.0. The molecule has 0 saturated carbocycles. The Bertz CT molecular complexity index is 459. The summed E-state index contributed by atoms with van der Waals surface area (Å²) in [6, 6.07) is 7.60. The van der Waals surface area contributed by atoms with Crippen LogP contribution in [-0.4, -0.2) is 25.6 Å². The van der Waals surface area contributed by atoms with Gasteiger partial charge in [0.15, 0.2) is 0 Å². The highest BCUT2D eigenvalue weighted by molar-refractivity contribution is 5.90. The van der Waals surface area contributed by atoms with Crippen molar-refractivity contribution in [3.8, 4) is 5.75 Å². The van der Waals surface area contributed by atoms with Crippen LogP contribution in [0.15, 0.2) is 24.3 Å². The quantitative estimate of drug-likeness (QED) is 0.792. The van der Waals surface area contributed by atoms with E-state index in [4.69, 9.17) is 4.74 Å². The molecule has 1 aliphatic heterocycles. The van der Waals surface area contributed by atoms with Crippen molar-refractivity contribution in [3.05, 3.63) is 24.3 Å². The number of piperidine rings is 1. The lowest BCUT2D eigenvalue weighted by Crippen LogP contribution is -2.34. The number of hydrogen-bond donors (Lipinski definition) is 2. The molecule has 1 heterocycles. The molecule has 0 bridgehead atoms. The van der Waals surface area contributed by atoms with E-state index >= 15 is 0 Å². The summed E-state index contributed by atoms with van der Waals surface area (Å²) in [4.78, 5) is 12.2. The van der Waals surface area contributed by atoms with Crippen molar-refractivity contribution in [1.29, 1.82) is 0 Å². The minimum Gasteiger partial charge on any atom is -0.494 e. The van der Waals surface area contributed by atoms with Crippen molar-refractivity contribution < 1.29 is 9.53 Å². The fourth-order valence-corrected chi connectivity index (χ4v) is 2.89. The van der Waals surface area contributed by atoms with Gasteiger partial charge in [-0.1, -0.05) is 13.8 Å². The van der Waals surface area contributed by atoms with Crippen LogP contribution in [0, 0.1) is 11.8 Å². The van der Waals surface area contributed by atoms with E-state index in [1.165, 1.54) is 12.8 Å². The van der Waals surface area contributed by atoms with Gasteiger partial charge < -0.3 is 15.4 Å². The molecule has 1 amide bonds. The van der Waals surface area contributed by atoms with Gasteiger partial charge in [0.2, 0.25) is 5.91 Å². The summed E-state index contributed by atoms with van der Waals surface area (Å²) in [5, 5.41) is 6.40. The number of anilines is 1. The number of benzene rings is 1. The third-order valence-corrected chi connectivity index (χ3v) is 4.26. The number of nitrogens with one attached hydrogen (secondary N) is 2. The standard InChI is InChI=1S/C18H28N2O2.ClH/c1-3-11-22-17-8-6-16(7-9-17)20-18(21)12-14(2)15-5-4-10-19-13-15;/h6-9,14-15,19H,3-5,10-13H2,1-2H3,(H,20,21);1H. The van der Waals surface area contributed by atoms with Crippen molar-refractivity contribution in [1.82, 2.24) is 5.32 Å². The van der Waals surface area contributed by atoms with Gasteiger partial charge in [0.25, 0.3) is 0 Å². The highest BCUT2D eigenvalue weighted by atomic mass is 35.5. The maximum absolute atomic E-state index is 12.2. The fourth-order valence-electron chi connectivity index (χ4n) is 2.89. The van der Waals surface area contributed by atoms with Crippen molar-refractivity contribution in [2.75, 3.05) is 25.0 Å². The van der Waals surface area contributed by atoms with E-state index in [9.17, 15) is 4.79 Å². The Balaban J connectivity index is 0.00000264. The molecule has 0 spiro atoms. The minimum absolute atomic E-state index is 0. The monoisotopic (exact) mass is 340 g/mol. The Hall–Kier alpha value is -1.26. The van der Waals surface area contributed by atoms with Crippen LogP contribution in [0.4, 0.5) is 5.69 Å². The van der Waals surface area contributed by atoms with E-state index in [0.29, 0.717) is 18.3 Å². The number of halogens is 1. The molecular weight excluding hydrogens is 312 g/mol. The molecule has 0 radical (unpaired) electrons. The van der Waals surface area contributed by atoms with Gasteiger partial charge in [-0.3, -0.25) is 4.79 Å². The van der Waals surface area contributed by atoms with Crippen LogP contribution in [-0.2, 0) is 4.79 Å². The highest BCUT2D eigenvalue weighted by Crippen LogP contribution is 2.23. The van der Waals surface area contributed by atoms with Crippen LogP contribution >= 0.6 is 12.4 Å². The van der Waals surface area contributed by atoms with Crippen LogP contribution in [0.25, 0.3) is 0 Å². The van der Waals surface area contributed by atoms with E-state index in [1.807, 2.05) is 24.3 Å². The lowest BCUT2D eigenvalue weighted by Gasteiger charge is -2.28. The molecule has 1 fully saturated rings. The normalized spacial score (nSPS) is 18.6. The van der Waals surface area contributed by atoms with Gasteiger partial charge in [-0.15, -0.1) is 12.4 Å². The zero-order valence-electron chi connectivity index (χ0n) is 14.1. The van der Waals surface area contributed by atoms with Gasteiger partial charge in [-0.05, 0) is 68.5 Å². The van der Waals surface area contributed by atoms with Gasteiger partial charge in [0, 0.05) is 12.1 Å². The maximum atomic E-state index is 12.2. The first kappa shape index (κ1) is 19.8. The molecule has 2 unspecified atom stereocenters. The van der Waals surface area contributed by atoms with E-state index in [-0.39, 0.29) is 18.3 Å². The molecule has 1 saturated heterocycles. The first-order chi connectivity index (χ1) is 10.7. The van der Waals surface area contributed by atoms with Crippen LogP contribution in [0.1, 0.15) is 39.5 Å². The fraction of sp³-hybridized carbons (Fsp3) is 0.611. The van der Waals surface area contributed by atoms with Crippen molar-refractivity contribution in [3.63, 3.8) is 0 Å². The van der Waals surface area contributed by atoms with Gasteiger partial charge in [-0.25, -0.2) is 0 Å². The summed E-state index contributed by atoms with van der Waals surface area (Å²) in [6.45, 7) is 7.13. The molecule has 23 heavy (non-hydrogen) atoms. The molecule has 2 N–H and O–H groups in total. The Morgan fingerprint density at radius 1 is 1.39 bits per heavy atom. The number of amides is 1. The number of rotatable bonds is 7. The maximum Gasteiger partial charge on any atom is 0.224 e. The molecule has 1 aliphatic rings. The molecule has 0 aromatic heterocycles. The van der Waals surface area contributed by atoms with Gasteiger partial charge in [-0.2, -0.15) is 0 Å². The second-order valence-corrected chi connectivity index (χ2v) is 6.21. The Labute approximate surface area is 145 Å². The molecule has 0 aliphatic carbocycles. The summed E-state index contributed by atoms with van der Waals surface area (Å²) < 4.78 is 5.54. The minimum atomic E-state index is 0. The Morgan fingerprint density at radius 2 is 2.13 bits per heavy atom. The van der Waals surface area contributed by atoms with Gasteiger partial charge >= 0.3 is 0 Å². The molecular formula is C18H29ClN2O2. The van der Waals surface area contributed by atoms with Crippen molar-refractivity contribution in [2.24, 2.45) is 11.8 Å². The average molecular weight is 341 g/mol.